The van der Waals surface area contributed by atoms with Crippen molar-refractivity contribution in [3.05, 3.63) is 35.0 Å². The molecule has 0 fully saturated rings. The fraction of sp³-hybridized carbons (Fsp3) is 0.125. The molecule has 0 saturated heterocycles. The predicted molar refractivity (Wildman–Crippen MR) is 55.6 cm³/mol. The van der Waals surface area contributed by atoms with Crippen molar-refractivity contribution in [1.82, 2.24) is 20.2 Å². The highest BCUT2D eigenvalue weighted by Gasteiger charge is 1.96. The highest BCUT2D eigenvalue weighted by molar-refractivity contribution is 9.10. The maximum absolute atomic E-state index is 4.16. The van der Waals surface area contributed by atoms with Crippen molar-refractivity contribution in [2.45, 2.75) is 6.54 Å². The van der Waals surface area contributed by atoms with E-state index in [0.717, 1.165) is 16.1 Å². The molecule has 0 amide bonds. The summed E-state index contributed by atoms with van der Waals surface area (Å²) in [6.45, 7) is 0.592. The van der Waals surface area contributed by atoms with Gasteiger partial charge in [0.15, 0.2) is 0 Å². The van der Waals surface area contributed by atoms with Crippen LogP contribution >= 0.6 is 15.9 Å². The van der Waals surface area contributed by atoms with E-state index in [1.165, 1.54) is 6.33 Å². The monoisotopic (exact) mass is 253 g/mol. The molecule has 5 nitrogen and oxygen atoms in total. The molecule has 0 atom stereocenters. The third kappa shape index (κ3) is 2.29. The van der Waals surface area contributed by atoms with Crippen LogP contribution in [0.2, 0.25) is 0 Å². The zero-order valence-corrected chi connectivity index (χ0v) is 8.82. The number of anilines is 1. The number of hydrogen-bond donors (Lipinski definition) is 2. The molecule has 2 heterocycles. The fourth-order valence-electron chi connectivity index (χ4n) is 0.971. The second-order valence-corrected chi connectivity index (χ2v) is 3.56. The molecule has 2 N–H and O–H groups in total. The van der Waals surface area contributed by atoms with E-state index in [-0.39, 0.29) is 0 Å². The van der Waals surface area contributed by atoms with Gasteiger partial charge in [0.1, 0.15) is 18.0 Å². The van der Waals surface area contributed by atoms with E-state index >= 15 is 0 Å². The zero-order valence-electron chi connectivity index (χ0n) is 7.24. The minimum absolute atomic E-state index is 0.592. The summed E-state index contributed by atoms with van der Waals surface area (Å²) in [5.41, 5.74) is 0. The molecular weight excluding hydrogens is 246 g/mol. The number of aromatic amines is 1. The second kappa shape index (κ2) is 4.19. The summed E-state index contributed by atoms with van der Waals surface area (Å²) in [5.74, 6) is 1.60. The van der Waals surface area contributed by atoms with Gasteiger partial charge in [0.2, 0.25) is 0 Å². The number of aromatic nitrogens is 4. The standard InChI is InChI=1S/C8H8BrN5/c9-6-1-2-7(10-3-6)11-4-8-12-5-13-14-8/h1-3,5H,4H2,(H,10,11)(H,12,13,14). The normalized spacial score (nSPS) is 10.1. The molecule has 2 rings (SSSR count). The van der Waals surface area contributed by atoms with Gasteiger partial charge in [0.25, 0.3) is 0 Å². The van der Waals surface area contributed by atoms with E-state index in [9.17, 15) is 0 Å². The smallest absolute Gasteiger partial charge is 0.143 e. The highest BCUT2D eigenvalue weighted by atomic mass is 79.9. The molecule has 0 aliphatic carbocycles. The molecule has 2 aromatic rings. The van der Waals surface area contributed by atoms with Crippen molar-refractivity contribution in [3.63, 3.8) is 0 Å². The number of pyridine rings is 1. The summed E-state index contributed by atoms with van der Waals surface area (Å²) < 4.78 is 0.961. The van der Waals surface area contributed by atoms with Crippen LogP contribution in [0.25, 0.3) is 0 Å². The van der Waals surface area contributed by atoms with Gasteiger partial charge in [-0.2, -0.15) is 5.10 Å². The van der Waals surface area contributed by atoms with E-state index in [0.29, 0.717) is 6.54 Å². The molecular formula is C8H8BrN5. The quantitative estimate of drug-likeness (QED) is 0.872. The Morgan fingerprint density at radius 2 is 2.29 bits per heavy atom. The maximum atomic E-state index is 4.16. The molecule has 2 aromatic heterocycles. The number of nitrogens with zero attached hydrogens (tertiary/aromatic N) is 3. The lowest BCUT2D eigenvalue weighted by atomic mass is 10.4. The van der Waals surface area contributed by atoms with Crippen molar-refractivity contribution < 1.29 is 0 Å². The van der Waals surface area contributed by atoms with Gasteiger partial charge in [-0.1, -0.05) is 0 Å². The van der Waals surface area contributed by atoms with Crippen molar-refractivity contribution in [3.8, 4) is 0 Å². The van der Waals surface area contributed by atoms with Gasteiger partial charge in [-0.25, -0.2) is 9.97 Å². The first-order valence-corrected chi connectivity index (χ1v) is 4.83. The Hall–Kier alpha value is -1.43. The van der Waals surface area contributed by atoms with Gasteiger partial charge in [0.05, 0.1) is 6.54 Å². The maximum Gasteiger partial charge on any atom is 0.143 e. The molecule has 14 heavy (non-hydrogen) atoms. The summed E-state index contributed by atoms with van der Waals surface area (Å²) >= 11 is 3.32. The van der Waals surface area contributed by atoms with Gasteiger partial charge in [-0.05, 0) is 28.1 Å². The largest absolute Gasteiger partial charge is 0.363 e. The minimum Gasteiger partial charge on any atom is -0.363 e. The van der Waals surface area contributed by atoms with Crippen LogP contribution in [0, 0.1) is 0 Å². The Balaban J connectivity index is 1.95. The first-order valence-electron chi connectivity index (χ1n) is 4.04. The van der Waals surface area contributed by atoms with Crippen LogP contribution < -0.4 is 5.32 Å². The molecule has 6 heteroatoms. The van der Waals surface area contributed by atoms with Crippen LogP contribution in [0.15, 0.2) is 29.1 Å². The summed E-state index contributed by atoms with van der Waals surface area (Å²) in [5, 5.41) is 9.61. The topological polar surface area (TPSA) is 66.5 Å². The van der Waals surface area contributed by atoms with Crippen LogP contribution in [0.5, 0.6) is 0 Å². The van der Waals surface area contributed by atoms with Crippen molar-refractivity contribution in [2.24, 2.45) is 0 Å². The Labute approximate surface area is 89.1 Å². The molecule has 0 saturated carbocycles. The average molecular weight is 254 g/mol. The summed E-state index contributed by atoms with van der Waals surface area (Å²) in [6, 6.07) is 3.82. The molecule has 0 spiro atoms. The third-order valence-corrected chi connectivity index (χ3v) is 2.10. The number of halogens is 1. The van der Waals surface area contributed by atoms with Gasteiger partial charge >= 0.3 is 0 Å². The van der Waals surface area contributed by atoms with Crippen molar-refractivity contribution >= 4 is 21.7 Å². The SMILES string of the molecule is Brc1ccc(NCc2ncn[nH]2)nc1. The van der Waals surface area contributed by atoms with Crippen molar-refractivity contribution in [1.29, 1.82) is 0 Å². The van der Waals surface area contributed by atoms with E-state index in [1.54, 1.807) is 6.20 Å². The van der Waals surface area contributed by atoms with Crippen LogP contribution in [0.3, 0.4) is 0 Å². The average Bonchev–Trinajstić information content (AvgIpc) is 2.70. The lowest BCUT2D eigenvalue weighted by Gasteiger charge is -2.01. The summed E-state index contributed by atoms with van der Waals surface area (Å²) in [7, 11) is 0. The number of H-pyrrole nitrogens is 1. The van der Waals surface area contributed by atoms with Gasteiger partial charge in [-0.15, -0.1) is 0 Å². The lowest BCUT2D eigenvalue weighted by Crippen LogP contribution is -2.02. The van der Waals surface area contributed by atoms with Gasteiger partial charge in [0, 0.05) is 10.7 Å². The van der Waals surface area contributed by atoms with E-state index in [4.69, 9.17) is 0 Å². The number of nitrogens with one attached hydrogen (secondary N) is 2. The third-order valence-electron chi connectivity index (χ3n) is 1.63. The van der Waals surface area contributed by atoms with Crippen molar-refractivity contribution in [2.75, 3.05) is 5.32 Å². The van der Waals surface area contributed by atoms with Crippen LogP contribution in [0.1, 0.15) is 5.82 Å². The van der Waals surface area contributed by atoms with Crippen LogP contribution in [0.4, 0.5) is 5.82 Å². The molecule has 0 radical (unpaired) electrons. The molecule has 0 bridgehead atoms. The fourth-order valence-corrected chi connectivity index (χ4v) is 1.21. The Kier molecular flexibility index (Phi) is 2.73. The Bertz CT molecular complexity index is 383. The number of rotatable bonds is 3. The van der Waals surface area contributed by atoms with E-state index in [1.807, 2.05) is 12.1 Å². The molecule has 72 valence electrons. The molecule has 0 aromatic carbocycles. The summed E-state index contributed by atoms with van der Waals surface area (Å²) in [4.78, 5) is 8.14. The van der Waals surface area contributed by atoms with Crippen LogP contribution in [-0.4, -0.2) is 20.2 Å². The molecule has 0 aliphatic heterocycles. The molecule has 0 aliphatic rings. The van der Waals surface area contributed by atoms with E-state index < -0.39 is 0 Å². The van der Waals surface area contributed by atoms with Gasteiger partial charge < -0.3 is 5.32 Å². The minimum atomic E-state index is 0.592. The first-order chi connectivity index (χ1) is 6.84. The highest BCUT2D eigenvalue weighted by Crippen LogP contribution is 2.10. The first kappa shape index (κ1) is 9.14. The Morgan fingerprint density at radius 3 is 2.93 bits per heavy atom. The molecule has 0 unspecified atom stereocenters. The summed E-state index contributed by atoms with van der Waals surface area (Å²) in [6.07, 6.45) is 3.22. The Morgan fingerprint density at radius 1 is 1.36 bits per heavy atom. The second-order valence-electron chi connectivity index (χ2n) is 2.65. The van der Waals surface area contributed by atoms with E-state index in [2.05, 4.69) is 41.4 Å². The predicted octanol–water partition coefficient (Wildman–Crippen LogP) is 1.57. The van der Waals surface area contributed by atoms with Crippen LogP contribution in [-0.2, 0) is 6.54 Å². The number of hydrogen-bond acceptors (Lipinski definition) is 4. The zero-order chi connectivity index (χ0) is 9.80. The van der Waals surface area contributed by atoms with Gasteiger partial charge in [-0.3, -0.25) is 5.10 Å². The lowest BCUT2D eigenvalue weighted by molar-refractivity contribution is 0.947.